The lowest BCUT2D eigenvalue weighted by molar-refractivity contribution is -0.142. The van der Waals surface area contributed by atoms with Crippen LogP contribution >= 0.6 is 12.2 Å². The Morgan fingerprint density at radius 2 is 1.46 bits per heavy atom. The molecule has 1 amide bonds. The van der Waals surface area contributed by atoms with Gasteiger partial charge >= 0.3 is 12.1 Å². The first-order valence-corrected chi connectivity index (χ1v) is 11.9. The summed E-state index contributed by atoms with van der Waals surface area (Å²) in [6, 6.07) is 24.9. The van der Waals surface area contributed by atoms with Crippen LogP contribution in [0.25, 0.3) is 11.1 Å². The van der Waals surface area contributed by atoms with Crippen LogP contribution in [0.15, 0.2) is 78.9 Å². The summed E-state index contributed by atoms with van der Waals surface area (Å²) in [5.41, 5.74) is 5.62. The molecule has 180 valence electrons. The molecule has 0 spiro atoms. The second kappa shape index (κ2) is 11.1. The van der Waals surface area contributed by atoms with Crippen LogP contribution in [0.2, 0.25) is 0 Å². The van der Waals surface area contributed by atoms with Gasteiger partial charge in [0.25, 0.3) is 0 Å². The van der Waals surface area contributed by atoms with Crippen LogP contribution in [-0.4, -0.2) is 42.9 Å². The molecule has 1 aliphatic carbocycles. The molecule has 3 aromatic carbocycles. The molecule has 0 radical (unpaired) electrons. The van der Waals surface area contributed by atoms with Gasteiger partial charge in [-0.2, -0.15) is 0 Å². The summed E-state index contributed by atoms with van der Waals surface area (Å²) in [5, 5.41) is 5.85. The minimum Gasteiger partial charge on any atom is -0.467 e. The number of hydrogen-bond acceptors (Lipinski definition) is 5. The largest absolute Gasteiger partial charge is 0.467 e. The summed E-state index contributed by atoms with van der Waals surface area (Å²) in [4.78, 5) is 25.1. The molecule has 0 saturated carbocycles. The molecule has 2 atom stereocenters. The third-order valence-electron chi connectivity index (χ3n) is 6.15. The number of benzene rings is 3. The van der Waals surface area contributed by atoms with Gasteiger partial charge in [0.15, 0.2) is 0 Å². The number of thiocarbonyl (C=S) groups is 1. The quantitative estimate of drug-likeness (QED) is 0.356. The van der Waals surface area contributed by atoms with E-state index in [1.54, 1.807) is 6.92 Å². The molecule has 1 aliphatic rings. The van der Waals surface area contributed by atoms with Crippen molar-refractivity contribution < 1.29 is 19.1 Å². The summed E-state index contributed by atoms with van der Waals surface area (Å²) in [7, 11) is 1.32. The van der Waals surface area contributed by atoms with Crippen molar-refractivity contribution in [3.8, 4) is 11.1 Å². The molecular weight excluding hydrogens is 460 g/mol. The SMILES string of the molecule is COC(=O)[C@H](C)NC(=S)[C@H](Cc1ccccc1)NC(=O)OCC1c2ccccc2-c2ccccc21. The maximum Gasteiger partial charge on any atom is 0.407 e. The van der Waals surface area contributed by atoms with Crippen LogP contribution in [0.4, 0.5) is 4.79 Å². The van der Waals surface area contributed by atoms with Crippen molar-refractivity contribution in [1.29, 1.82) is 0 Å². The van der Waals surface area contributed by atoms with Gasteiger partial charge in [0, 0.05) is 5.92 Å². The predicted molar refractivity (Wildman–Crippen MR) is 139 cm³/mol. The van der Waals surface area contributed by atoms with Gasteiger partial charge in [-0.15, -0.1) is 0 Å². The first kappa shape index (κ1) is 24.4. The zero-order chi connectivity index (χ0) is 24.8. The van der Waals surface area contributed by atoms with Crippen molar-refractivity contribution in [2.75, 3.05) is 13.7 Å². The van der Waals surface area contributed by atoms with E-state index in [1.807, 2.05) is 54.6 Å². The highest BCUT2D eigenvalue weighted by Gasteiger charge is 2.29. The Labute approximate surface area is 210 Å². The molecular formula is C28H28N2O4S. The number of alkyl carbamates (subject to hydrolysis) is 1. The standard InChI is InChI=1S/C28H28N2O4S/c1-18(27(31)33-2)29-26(35)25(16-19-10-4-3-5-11-19)30-28(32)34-17-24-22-14-8-6-12-20(22)21-13-7-9-15-23(21)24/h3-15,18,24-25H,16-17H2,1-2H3,(H,29,35)(H,30,32)/t18-,25-/m0/s1. The highest BCUT2D eigenvalue weighted by Crippen LogP contribution is 2.44. The van der Waals surface area contributed by atoms with E-state index in [-0.39, 0.29) is 12.5 Å². The fourth-order valence-corrected chi connectivity index (χ4v) is 4.71. The maximum atomic E-state index is 12.9. The molecule has 4 rings (SSSR count). The molecule has 0 unspecified atom stereocenters. The van der Waals surface area contributed by atoms with Crippen molar-refractivity contribution in [3.63, 3.8) is 0 Å². The van der Waals surface area contributed by atoms with E-state index in [0.717, 1.165) is 16.7 Å². The summed E-state index contributed by atoms with van der Waals surface area (Å²) in [6.45, 7) is 1.86. The molecule has 0 fully saturated rings. The highest BCUT2D eigenvalue weighted by atomic mass is 32.1. The topological polar surface area (TPSA) is 76.7 Å². The van der Waals surface area contributed by atoms with E-state index in [2.05, 4.69) is 34.9 Å². The van der Waals surface area contributed by atoms with Gasteiger partial charge in [0.1, 0.15) is 12.6 Å². The molecule has 7 heteroatoms. The lowest BCUT2D eigenvalue weighted by Gasteiger charge is -2.23. The molecule has 0 heterocycles. The number of carbonyl (C=O) groups is 2. The number of fused-ring (bicyclic) bond motifs is 3. The lowest BCUT2D eigenvalue weighted by atomic mass is 9.98. The molecule has 35 heavy (non-hydrogen) atoms. The van der Waals surface area contributed by atoms with Crippen LogP contribution in [-0.2, 0) is 20.7 Å². The third-order valence-corrected chi connectivity index (χ3v) is 6.55. The monoisotopic (exact) mass is 488 g/mol. The number of rotatable bonds is 8. The molecule has 2 N–H and O–H groups in total. The zero-order valence-corrected chi connectivity index (χ0v) is 20.5. The molecule has 0 aromatic heterocycles. The van der Waals surface area contributed by atoms with E-state index >= 15 is 0 Å². The summed E-state index contributed by atoms with van der Waals surface area (Å²) in [5.74, 6) is -0.475. The molecule has 6 nitrogen and oxygen atoms in total. The van der Waals surface area contributed by atoms with Gasteiger partial charge in [-0.25, -0.2) is 9.59 Å². The molecule has 0 saturated heterocycles. The number of amides is 1. The Morgan fingerprint density at radius 3 is 2.06 bits per heavy atom. The number of ether oxygens (including phenoxy) is 2. The molecule has 0 aliphatic heterocycles. The van der Waals surface area contributed by atoms with Gasteiger partial charge in [-0.3, -0.25) is 0 Å². The number of esters is 1. The van der Waals surface area contributed by atoms with Crippen molar-refractivity contribution in [3.05, 3.63) is 95.6 Å². The smallest absolute Gasteiger partial charge is 0.407 e. The lowest BCUT2D eigenvalue weighted by Crippen LogP contribution is -2.51. The van der Waals surface area contributed by atoms with Crippen LogP contribution in [0.1, 0.15) is 29.5 Å². The van der Waals surface area contributed by atoms with Crippen LogP contribution < -0.4 is 10.6 Å². The first-order chi connectivity index (χ1) is 17.0. The zero-order valence-electron chi connectivity index (χ0n) is 19.7. The number of hydrogen-bond donors (Lipinski definition) is 2. The average molecular weight is 489 g/mol. The summed E-state index contributed by atoms with van der Waals surface area (Å²) < 4.78 is 10.5. The van der Waals surface area contributed by atoms with Crippen molar-refractivity contribution >= 4 is 29.3 Å². The number of methoxy groups -OCH3 is 1. The Balaban J connectivity index is 1.45. The minimum atomic E-state index is -0.643. The van der Waals surface area contributed by atoms with E-state index in [0.29, 0.717) is 11.4 Å². The molecule has 0 bridgehead atoms. The molecule has 3 aromatic rings. The van der Waals surface area contributed by atoms with Gasteiger partial charge in [0.05, 0.1) is 18.1 Å². The van der Waals surface area contributed by atoms with Gasteiger partial charge in [0.2, 0.25) is 0 Å². The second-order valence-corrected chi connectivity index (χ2v) is 8.91. The van der Waals surface area contributed by atoms with Gasteiger partial charge in [-0.05, 0) is 41.2 Å². The van der Waals surface area contributed by atoms with E-state index in [9.17, 15) is 9.59 Å². The van der Waals surface area contributed by atoms with Gasteiger partial charge in [-0.1, -0.05) is 91.1 Å². The Morgan fingerprint density at radius 1 is 0.886 bits per heavy atom. The van der Waals surface area contributed by atoms with Gasteiger partial charge < -0.3 is 20.1 Å². The van der Waals surface area contributed by atoms with Crippen LogP contribution in [0, 0.1) is 0 Å². The van der Waals surface area contributed by atoms with E-state index < -0.39 is 24.1 Å². The predicted octanol–water partition coefficient (Wildman–Crippen LogP) is 4.61. The third kappa shape index (κ3) is 5.69. The second-order valence-electron chi connectivity index (χ2n) is 8.47. The van der Waals surface area contributed by atoms with Crippen molar-refractivity contribution in [2.24, 2.45) is 0 Å². The number of carbonyl (C=O) groups excluding carboxylic acids is 2. The average Bonchev–Trinajstić information content (AvgIpc) is 3.20. The number of nitrogens with one attached hydrogen (secondary N) is 2. The summed E-state index contributed by atoms with van der Waals surface area (Å²) in [6.07, 6.45) is -0.118. The fraction of sp³-hybridized carbons (Fsp3) is 0.250. The Kier molecular flexibility index (Phi) is 7.77. The first-order valence-electron chi connectivity index (χ1n) is 11.5. The normalized spacial score (nSPS) is 13.7. The van der Waals surface area contributed by atoms with E-state index in [4.69, 9.17) is 21.7 Å². The Bertz CT molecular complexity index is 1170. The highest BCUT2D eigenvalue weighted by molar-refractivity contribution is 7.80. The minimum absolute atomic E-state index is 0.0369. The van der Waals surface area contributed by atoms with Crippen molar-refractivity contribution in [2.45, 2.75) is 31.3 Å². The fourth-order valence-electron chi connectivity index (χ4n) is 4.39. The Hall–Kier alpha value is -3.71. The van der Waals surface area contributed by atoms with Crippen LogP contribution in [0.3, 0.4) is 0 Å². The van der Waals surface area contributed by atoms with Crippen LogP contribution in [0.5, 0.6) is 0 Å². The maximum absolute atomic E-state index is 12.9. The summed E-state index contributed by atoms with van der Waals surface area (Å²) >= 11 is 5.54. The van der Waals surface area contributed by atoms with E-state index in [1.165, 1.54) is 18.2 Å². The van der Waals surface area contributed by atoms with Crippen molar-refractivity contribution in [1.82, 2.24) is 10.6 Å².